The largest absolute Gasteiger partial charge is 1.00 e. The number of amides is 2. The first-order valence-corrected chi connectivity index (χ1v) is 18.0. The van der Waals surface area contributed by atoms with Crippen molar-refractivity contribution in [2.75, 3.05) is 70.8 Å². The summed E-state index contributed by atoms with van der Waals surface area (Å²) in [6.45, 7) is 8.12. The highest BCUT2D eigenvalue weighted by Gasteiger charge is 2.62. The van der Waals surface area contributed by atoms with Gasteiger partial charge in [0.15, 0.2) is 25.0 Å². The normalized spacial score (nSPS) is 24.4. The summed E-state index contributed by atoms with van der Waals surface area (Å²) in [5.74, 6) is 1.65. The summed E-state index contributed by atoms with van der Waals surface area (Å²) in [6, 6.07) is 15.2. The maximum atomic E-state index is 14.1. The van der Waals surface area contributed by atoms with E-state index in [9.17, 15) is 4.79 Å². The van der Waals surface area contributed by atoms with Gasteiger partial charge in [0.1, 0.15) is 11.4 Å². The van der Waals surface area contributed by atoms with Crippen molar-refractivity contribution in [2.24, 2.45) is 0 Å². The molecule has 4 aliphatic heterocycles. The van der Waals surface area contributed by atoms with Gasteiger partial charge in [-0.3, -0.25) is 10.3 Å². The SMILES string of the molecule is CCCCN1CN(C2(C3=[N+](N4CCNCC4)C(COc4ccccc4)N(c4ccc(Cl)cc4Cl)N3CC3OCCO3)C=CC=CC2)C(=O)N1.[Br-]. The van der Waals surface area contributed by atoms with Crippen LogP contribution >= 0.6 is 23.2 Å². The number of rotatable bonds is 12. The van der Waals surface area contributed by atoms with Gasteiger partial charge in [-0.2, -0.15) is 5.01 Å². The fourth-order valence-corrected chi connectivity index (χ4v) is 7.69. The molecule has 3 fully saturated rings. The first kappa shape index (κ1) is 36.7. The molecule has 15 heteroatoms. The van der Waals surface area contributed by atoms with E-state index in [4.69, 9.17) is 37.4 Å². The third-order valence-electron chi connectivity index (χ3n) is 9.51. The lowest BCUT2D eigenvalue weighted by molar-refractivity contribution is -0.715. The zero-order valence-corrected chi connectivity index (χ0v) is 31.3. The maximum absolute atomic E-state index is 14.1. The zero-order valence-electron chi connectivity index (χ0n) is 28.2. The molecule has 4 heterocycles. The van der Waals surface area contributed by atoms with Gasteiger partial charge < -0.3 is 36.5 Å². The summed E-state index contributed by atoms with van der Waals surface area (Å²) < 4.78 is 21.1. The van der Waals surface area contributed by atoms with E-state index in [1.165, 1.54) is 0 Å². The lowest BCUT2D eigenvalue weighted by Gasteiger charge is -2.40. The molecule has 0 aromatic heterocycles. The number of hydrogen-bond acceptors (Lipinski definition) is 9. The van der Waals surface area contributed by atoms with E-state index in [1.807, 2.05) is 64.5 Å². The van der Waals surface area contributed by atoms with Gasteiger partial charge in [-0.1, -0.05) is 73.0 Å². The Labute approximate surface area is 314 Å². The van der Waals surface area contributed by atoms with Gasteiger partial charge >= 0.3 is 11.9 Å². The van der Waals surface area contributed by atoms with E-state index in [-0.39, 0.29) is 29.6 Å². The van der Waals surface area contributed by atoms with Gasteiger partial charge in [0.05, 0.1) is 38.0 Å². The van der Waals surface area contributed by atoms with Crippen molar-refractivity contribution in [1.82, 2.24) is 30.7 Å². The fourth-order valence-electron chi connectivity index (χ4n) is 7.20. The number of unbranched alkanes of at least 4 members (excludes halogenated alkanes) is 1. The second-order valence-corrected chi connectivity index (χ2v) is 13.5. The Bertz CT molecular complexity index is 1570. The molecule has 50 heavy (non-hydrogen) atoms. The van der Waals surface area contributed by atoms with Crippen molar-refractivity contribution in [3.63, 3.8) is 0 Å². The van der Waals surface area contributed by atoms with Gasteiger partial charge in [-0.25, -0.2) is 14.8 Å². The number of amidine groups is 1. The molecular weight excluding hydrogens is 747 g/mol. The number of para-hydroxylation sites is 1. The number of benzene rings is 2. The van der Waals surface area contributed by atoms with Crippen LogP contribution in [0.2, 0.25) is 10.0 Å². The Morgan fingerprint density at radius 3 is 2.54 bits per heavy atom. The zero-order chi connectivity index (χ0) is 33.8. The lowest BCUT2D eigenvalue weighted by atomic mass is 9.87. The maximum Gasteiger partial charge on any atom is 0.334 e. The molecule has 2 aromatic rings. The number of piperazine rings is 1. The van der Waals surface area contributed by atoms with E-state index in [0.717, 1.165) is 62.8 Å². The molecule has 12 nitrogen and oxygen atoms in total. The first-order valence-electron chi connectivity index (χ1n) is 17.2. The Morgan fingerprint density at radius 2 is 1.84 bits per heavy atom. The number of urea groups is 1. The number of hydrazone groups is 1. The van der Waals surface area contributed by atoms with Crippen molar-refractivity contribution >= 4 is 40.8 Å². The van der Waals surface area contributed by atoms with Crippen LogP contribution in [0.25, 0.3) is 0 Å². The molecule has 5 aliphatic rings. The van der Waals surface area contributed by atoms with Crippen LogP contribution in [-0.2, 0) is 9.47 Å². The Balaban J connectivity index is 0.00000432. The summed E-state index contributed by atoms with van der Waals surface area (Å²) in [6.07, 6.45) is 10.0. The average molecular weight is 793 g/mol. The van der Waals surface area contributed by atoms with E-state index < -0.39 is 18.0 Å². The third-order valence-corrected chi connectivity index (χ3v) is 10.0. The molecule has 7 rings (SSSR count). The number of hydrogen-bond donors (Lipinski definition) is 2. The summed E-state index contributed by atoms with van der Waals surface area (Å²) in [4.78, 5) is 16.1. The number of allylic oxidation sites excluding steroid dienone is 2. The average Bonchev–Trinajstić information content (AvgIpc) is 3.86. The van der Waals surface area contributed by atoms with Crippen molar-refractivity contribution in [2.45, 2.75) is 44.2 Å². The van der Waals surface area contributed by atoms with Crippen molar-refractivity contribution in [3.05, 3.63) is 82.9 Å². The van der Waals surface area contributed by atoms with Crippen LogP contribution in [0.3, 0.4) is 0 Å². The number of halogens is 3. The number of nitrogens with zero attached hydrogens (tertiary/aromatic N) is 6. The van der Waals surface area contributed by atoms with Gasteiger partial charge in [0.2, 0.25) is 0 Å². The van der Waals surface area contributed by atoms with Crippen molar-refractivity contribution < 1.29 is 40.7 Å². The molecule has 0 saturated carbocycles. The summed E-state index contributed by atoms with van der Waals surface area (Å²) in [5.41, 5.74) is 3.01. The summed E-state index contributed by atoms with van der Waals surface area (Å²) in [5, 5.41) is 13.3. The second-order valence-electron chi connectivity index (χ2n) is 12.7. The number of anilines is 1. The molecule has 2 aromatic carbocycles. The predicted molar refractivity (Wildman–Crippen MR) is 189 cm³/mol. The van der Waals surface area contributed by atoms with E-state index in [1.54, 1.807) is 6.07 Å². The quantitative estimate of drug-likeness (QED) is 0.310. The minimum atomic E-state index is -0.887. The number of hydrazine groups is 3. The molecule has 0 radical (unpaired) electrons. The van der Waals surface area contributed by atoms with Gasteiger partial charge in [0.25, 0.3) is 6.17 Å². The Hall–Kier alpha value is -3.04. The van der Waals surface area contributed by atoms with Crippen molar-refractivity contribution in [1.29, 1.82) is 0 Å². The van der Waals surface area contributed by atoms with E-state index >= 15 is 0 Å². The van der Waals surface area contributed by atoms with Gasteiger partial charge in [0, 0.05) is 31.1 Å². The Morgan fingerprint density at radius 1 is 1.06 bits per heavy atom. The van der Waals surface area contributed by atoms with Crippen LogP contribution in [0.1, 0.15) is 26.2 Å². The smallest absolute Gasteiger partial charge is 0.334 e. The van der Waals surface area contributed by atoms with Gasteiger partial charge in [-0.05, 0) is 42.8 Å². The van der Waals surface area contributed by atoms with Crippen LogP contribution < -0.4 is 37.5 Å². The molecule has 2 amide bonds. The minimum Gasteiger partial charge on any atom is -1.00 e. The number of nitrogens with one attached hydrogen (secondary N) is 2. The third kappa shape index (κ3) is 7.45. The first-order chi connectivity index (χ1) is 24.0. The molecule has 0 bridgehead atoms. The van der Waals surface area contributed by atoms with E-state index in [0.29, 0.717) is 42.9 Å². The monoisotopic (exact) mass is 790 g/mol. The second kappa shape index (κ2) is 16.5. The predicted octanol–water partition coefficient (Wildman–Crippen LogP) is 1.30. The highest BCUT2D eigenvalue weighted by Crippen LogP contribution is 2.40. The molecule has 2 unspecified atom stereocenters. The highest BCUT2D eigenvalue weighted by atomic mass is 79.9. The number of carbonyl (C=O) groups excluding carboxylic acids is 1. The van der Waals surface area contributed by atoms with Crippen molar-refractivity contribution in [3.8, 4) is 5.75 Å². The van der Waals surface area contributed by atoms with E-state index in [2.05, 4.69) is 49.5 Å². The van der Waals surface area contributed by atoms with Crippen LogP contribution in [-0.4, -0.2) is 120 Å². The molecule has 1 aliphatic carbocycles. The van der Waals surface area contributed by atoms with Crippen LogP contribution in [0.5, 0.6) is 5.75 Å². The summed E-state index contributed by atoms with van der Waals surface area (Å²) in [7, 11) is 0. The fraction of sp³-hybridized carbons (Fsp3) is 0.486. The number of carbonyl (C=O) groups is 1. The molecule has 0 spiro atoms. The lowest BCUT2D eigenvalue weighted by Crippen LogP contribution is -3.00. The van der Waals surface area contributed by atoms with Crippen LogP contribution in [0.15, 0.2) is 72.8 Å². The Kier molecular flexibility index (Phi) is 12.1. The minimum absolute atomic E-state index is 0. The topological polar surface area (TPSA) is 88.0 Å². The standard InChI is InChI=1S/C35H44Cl2N8O4.BrH/c1-2-3-18-40-26-42(34(46)39-40)35(14-8-5-9-15-35)33-43(24-32-47-21-22-48-32)44(30-13-12-27(36)23-29(30)37)31(25-49-28-10-6-4-7-11-28)45(33)41-19-16-38-17-20-41;/h4-14,23,31-32,38H,2-3,15-22,24-26H2,1H3;1H. The summed E-state index contributed by atoms with van der Waals surface area (Å²) >= 11 is 13.5. The number of ether oxygens (including phenoxy) is 3. The molecule has 3 saturated heterocycles. The molecule has 2 N–H and O–H groups in total. The molecule has 2 atom stereocenters. The molecule has 270 valence electrons. The van der Waals surface area contributed by atoms with Gasteiger partial charge in [-0.15, -0.1) is 9.69 Å². The van der Waals surface area contributed by atoms with Crippen LogP contribution in [0, 0.1) is 0 Å². The van der Waals surface area contributed by atoms with Crippen LogP contribution in [0.4, 0.5) is 10.5 Å². The highest BCUT2D eigenvalue weighted by molar-refractivity contribution is 6.36. The molecular formula is C35H45BrCl2N8O4.